The van der Waals surface area contributed by atoms with Crippen molar-refractivity contribution in [2.75, 3.05) is 26.3 Å². The number of phenols is 1. The molecule has 3 aliphatic rings. The van der Waals surface area contributed by atoms with Crippen LogP contribution in [0.15, 0.2) is 36.5 Å². The molecule has 8 nitrogen and oxygen atoms in total. The summed E-state index contributed by atoms with van der Waals surface area (Å²) >= 11 is 0. The third-order valence-electron chi connectivity index (χ3n) is 9.05. The van der Waals surface area contributed by atoms with Gasteiger partial charge in [0.05, 0.1) is 0 Å². The molecule has 3 N–H and O–H groups in total. The Morgan fingerprint density at radius 1 is 1.14 bits per heavy atom. The van der Waals surface area contributed by atoms with Crippen molar-refractivity contribution >= 4 is 11.0 Å². The van der Waals surface area contributed by atoms with Crippen molar-refractivity contribution < 1.29 is 5.11 Å². The fourth-order valence-corrected chi connectivity index (χ4v) is 7.04. The summed E-state index contributed by atoms with van der Waals surface area (Å²) in [5, 5.41) is 27.6. The quantitative estimate of drug-likeness (QED) is 0.473. The van der Waals surface area contributed by atoms with Gasteiger partial charge >= 0.3 is 0 Å². The minimum atomic E-state index is -0.00360. The number of phenolic OH excluding ortho intramolecular Hbond substituents is 1. The molecule has 2 aromatic heterocycles. The van der Waals surface area contributed by atoms with Crippen LogP contribution in [0, 0.1) is 17.2 Å². The molecule has 0 amide bonds. The van der Waals surface area contributed by atoms with Gasteiger partial charge in [0.25, 0.3) is 0 Å². The van der Waals surface area contributed by atoms with Crippen LogP contribution in [-0.2, 0) is 13.1 Å². The highest BCUT2D eigenvalue weighted by Crippen LogP contribution is 2.41. The first-order chi connectivity index (χ1) is 18.2. The second-order valence-corrected chi connectivity index (χ2v) is 11.1. The standard InChI is InChI=1S/C29H37N7O/c30-15-27-33-16-23-14-24(36(28(23)34-27)13-10-21-4-2-1-3-5-21)18-35-20-32-19-29(35)11-12-31-17-26(29)22-6-8-25(37)9-7-22/h6-9,14,16,21,26,31-32,37H,1-5,10-13,17-20H2. The van der Waals surface area contributed by atoms with Crippen LogP contribution >= 0.6 is 0 Å². The van der Waals surface area contributed by atoms with Crippen LogP contribution in [0.5, 0.6) is 5.75 Å². The normalized spacial score (nSPS) is 25.1. The second-order valence-electron chi connectivity index (χ2n) is 11.1. The van der Waals surface area contributed by atoms with Gasteiger partial charge in [0.1, 0.15) is 17.5 Å². The summed E-state index contributed by atoms with van der Waals surface area (Å²) in [4.78, 5) is 11.5. The minimum absolute atomic E-state index is 0.00360. The highest BCUT2D eigenvalue weighted by Gasteiger charge is 2.49. The first-order valence-corrected chi connectivity index (χ1v) is 13.9. The Balaban J connectivity index is 1.32. The molecule has 3 aromatic rings. The zero-order valence-corrected chi connectivity index (χ0v) is 21.5. The molecular weight excluding hydrogens is 462 g/mol. The molecule has 8 heteroatoms. The summed E-state index contributed by atoms with van der Waals surface area (Å²) in [7, 11) is 0. The molecule has 6 rings (SSSR count). The van der Waals surface area contributed by atoms with Crippen molar-refractivity contribution in [1.29, 1.82) is 5.26 Å². The highest BCUT2D eigenvalue weighted by atomic mass is 16.3. The molecule has 2 aliphatic heterocycles. The lowest BCUT2D eigenvalue weighted by molar-refractivity contribution is 0.0777. The van der Waals surface area contributed by atoms with Crippen molar-refractivity contribution in [2.45, 2.75) is 69.5 Å². The van der Waals surface area contributed by atoms with Gasteiger partial charge in [-0.05, 0) is 49.1 Å². The van der Waals surface area contributed by atoms with E-state index in [0.717, 1.165) is 69.2 Å². The third-order valence-corrected chi connectivity index (χ3v) is 9.05. The van der Waals surface area contributed by atoms with Gasteiger partial charge in [-0.3, -0.25) is 4.90 Å². The van der Waals surface area contributed by atoms with Crippen LogP contribution in [0.25, 0.3) is 11.0 Å². The van der Waals surface area contributed by atoms with Gasteiger partial charge in [-0.1, -0.05) is 44.2 Å². The number of nitrogens with zero attached hydrogens (tertiary/aromatic N) is 5. The van der Waals surface area contributed by atoms with Gasteiger partial charge in [0.15, 0.2) is 0 Å². The largest absolute Gasteiger partial charge is 0.508 e. The van der Waals surface area contributed by atoms with Crippen molar-refractivity contribution in [1.82, 2.24) is 30.1 Å². The Hall–Kier alpha value is -2.99. The van der Waals surface area contributed by atoms with Crippen LogP contribution in [0.4, 0.5) is 0 Å². The Labute approximate surface area is 218 Å². The van der Waals surface area contributed by atoms with Crippen LogP contribution in [0.1, 0.15) is 67.9 Å². The zero-order valence-electron chi connectivity index (χ0n) is 21.5. The van der Waals surface area contributed by atoms with Crippen molar-refractivity contribution in [3.8, 4) is 11.8 Å². The first-order valence-electron chi connectivity index (χ1n) is 13.9. The molecule has 1 spiro atoms. The summed E-state index contributed by atoms with van der Waals surface area (Å²) in [6.07, 6.45) is 10.7. The number of aryl methyl sites for hydroxylation is 1. The van der Waals surface area contributed by atoms with Crippen LogP contribution in [-0.4, -0.2) is 56.4 Å². The van der Waals surface area contributed by atoms with E-state index in [1.807, 2.05) is 6.20 Å². The van der Waals surface area contributed by atoms with E-state index in [1.54, 1.807) is 12.1 Å². The molecule has 4 heterocycles. The molecule has 1 saturated carbocycles. The summed E-state index contributed by atoms with van der Waals surface area (Å²) in [5.41, 5.74) is 3.40. The van der Waals surface area contributed by atoms with Gasteiger partial charge in [0.2, 0.25) is 5.82 Å². The first kappa shape index (κ1) is 24.4. The van der Waals surface area contributed by atoms with Gasteiger partial charge in [0, 0.05) is 61.6 Å². The van der Waals surface area contributed by atoms with Gasteiger partial charge in [-0.25, -0.2) is 9.97 Å². The molecule has 3 fully saturated rings. The molecule has 1 aliphatic carbocycles. The number of nitrogens with one attached hydrogen (secondary N) is 2. The molecule has 1 aromatic carbocycles. The molecular formula is C29H37N7O. The van der Waals surface area contributed by atoms with E-state index in [1.165, 1.54) is 43.4 Å². The zero-order chi connectivity index (χ0) is 25.2. The molecule has 2 unspecified atom stereocenters. The van der Waals surface area contributed by atoms with Crippen molar-refractivity contribution in [3.05, 3.63) is 53.6 Å². The maximum Gasteiger partial charge on any atom is 0.234 e. The molecule has 0 radical (unpaired) electrons. The Morgan fingerprint density at radius 3 is 2.78 bits per heavy atom. The minimum Gasteiger partial charge on any atom is -0.508 e. The maximum absolute atomic E-state index is 9.87. The van der Waals surface area contributed by atoms with Crippen LogP contribution in [0.2, 0.25) is 0 Å². The number of rotatable bonds is 6. The Kier molecular flexibility index (Phi) is 6.85. The predicted molar refractivity (Wildman–Crippen MR) is 143 cm³/mol. The van der Waals surface area contributed by atoms with E-state index in [9.17, 15) is 10.4 Å². The van der Waals surface area contributed by atoms with E-state index in [0.29, 0.717) is 11.7 Å². The topological polar surface area (TPSA) is 102 Å². The predicted octanol–water partition coefficient (Wildman–Crippen LogP) is 3.86. The number of nitriles is 1. The molecule has 194 valence electrons. The van der Waals surface area contributed by atoms with Gasteiger partial charge in [-0.2, -0.15) is 5.26 Å². The Bertz CT molecular complexity index is 1270. The monoisotopic (exact) mass is 499 g/mol. The lowest BCUT2D eigenvalue weighted by atomic mass is 9.74. The van der Waals surface area contributed by atoms with E-state index in [2.05, 4.69) is 54.3 Å². The molecule has 2 atom stereocenters. The lowest BCUT2D eigenvalue weighted by Crippen LogP contribution is -2.57. The van der Waals surface area contributed by atoms with E-state index < -0.39 is 0 Å². The maximum atomic E-state index is 9.87. The fourth-order valence-electron chi connectivity index (χ4n) is 7.04. The lowest BCUT2D eigenvalue weighted by Gasteiger charge is -2.47. The number of aromatic nitrogens is 3. The summed E-state index contributed by atoms with van der Waals surface area (Å²) in [5.74, 6) is 1.64. The third kappa shape index (κ3) is 4.72. The number of fused-ring (bicyclic) bond motifs is 1. The number of hydrogen-bond acceptors (Lipinski definition) is 7. The van der Waals surface area contributed by atoms with Crippen LogP contribution < -0.4 is 10.6 Å². The average Bonchev–Trinajstić information content (AvgIpc) is 3.49. The number of piperidine rings is 1. The van der Waals surface area contributed by atoms with Gasteiger partial charge in [-0.15, -0.1) is 0 Å². The van der Waals surface area contributed by atoms with Crippen molar-refractivity contribution in [2.24, 2.45) is 5.92 Å². The number of hydrogen-bond donors (Lipinski definition) is 3. The van der Waals surface area contributed by atoms with E-state index >= 15 is 0 Å². The Morgan fingerprint density at radius 2 is 1.97 bits per heavy atom. The fraction of sp³-hybridized carbons (Fsp3) is 0.552. The summed E-state index contributed by atoms with van der Waals surface area (Å²) in [6, 6.07) is 12.1. The van der Waals surface area contributed by atoms with E-state index in [4.69, 9.17) is 0 Å². The SMILES string of the molecule is N#Cc1ncc2cc(CN3CNCC34CCNCC4c3ccc(O)cc3)n(CCC3CCCCC3)c2n1. The highest BCUT2D eigenvalue weighted by molar-refractivity contribution is 5.77. The number of aromatic hydroxyl groups is 1. The van der Waals surface area contributed by atoms with E-state index in [-0.39, 0.29) is 11.4 Å². The molecule has 37 heavy (non-hydrogen) atoms. The summed E-state index contributed by atoms with van der Waals surface area (Å²) in [6.45, 7) is 5.46. The second kappa shape index (κ2) is 10.4. The smallest absolute Gasteiger partial charge is 0.234 e. The van der Waals surface area contributed by atoms with Crippen molar-refractivity contribution in [3.63, 3.8) is 0 Å². The van der Waals surface area contributed by atoms with Crippen LogP contribution in [0.3, 0.4) is 0 Å². The van der Waals surface area contributed by atoms with Gasteiger partial charge < -0.3 is 20.3 Å². The number of benzene rings is 1. The summed E-state index contributed by atoms with van der Waals surface area (Å²) < 4.78 is 2.37. The molecule has 2 saturated heterocycles. The molecule has 0 bridgehead atoms. The average molecular weight is 500 g/mol.